The highest BCUT2D eigenvalue weighted by atomic mass is 16.6. The van der Waals surface area contributed by atoms with E-state index in [1.807, 2.05) is 0 Å². The number of hydrogen-bond acceptors (Lipinski definition) is 5. The van der Waals surface area contributed by atoms with Crippen LogP contribution in [-0.4, -0.2) is 32.7 Å². The first kappa shape index (κ1) is 13.5. The smallest absolute Gasteiger partial charge is 0.356 e. The lowest BCUT2D eigenvalue weighted by Crippen LogP contribution is -2.00. The van der Waals surface area contributed by atoms with Crippen molar-refractivity contribution in [2.24, 2.45) is 0 Å². The summed E-state index contributed by atoms with van der Waals surface area (Å²) in [5.74, 6) is -0.756. The standard InChI is InChI=1S/C12H11N3O5/c1-20-10-3-8(2-9(4-10)15(18)19)5-14-6-11(12(16)17)13-7-14/h2-4,6-7H,5H2,1H3,(H,16,17). The van der Waals surface area contributed by atoms with Gasteiger partial charge in [-0.3, -0.25) is 10.1 Å². The molecule has 1 N–H and O–H groups in total. The van der Waals surface area contributed by atoms with Crippen LogP contribution >= 0.6 is 0 Å². The van der Waals surface area contributed by atoms with Crippen LogP contribution in [0.1, 0.15) is 16.1 Å². The number of nitro benzene ring substituents is 1. The van der Waals surface area contributed by atoms with Gasteiger partial charge in [-0.1, -0.05) is 0 Å². The second kappa shape index (κ2) is 5.39. The van der Waals surface area contributed by atoms with Crippen molar-refractivity contribution in [3.05, 3.63) is 52.1 Å². The minimum Gasteiger partial charge on any atom is -0.496 e. The quantitative estimate of drug-likeness (QED) is 0.656. The lowest BCUT2D eigenvalue weighted by Gasteiger charge is -2.05. The van der Waals surface area contributed by atoms with Gasteiger partial charge in [-0.05, 0) is 11.6 Å². The predicted octanol–water partition coefficient (Wildman–Crippen LogP) is 1.55. The Kier molecular flexibility index (Phi) is 3.65. The van der Waals surface area contributed by atoms with Crippen LogP contribution < -0.4 is 4.74 Å². The lowest BCUT2D eigenvalue weighted by atomic mass is 10.2. The van der Waals surface area contributed by atoms with Crippen molar-refractivity contribution in [1.29, 1.82) is 0 Å². The highest BCUT2D eigenvalue weighted by Gasteiger charge is 2.12. The van der Waals surface area contributed by atoms with Crippen LogP contribution in [0.4, 0.5) is 5.69 Å². The van der Waals surface area contributed by atoms with Crippen molar-refractivity contribution >= 4 is 11.7 Å². The van der Waals surface area contributed by atoms with Gasteiger partial charge < -0.3 is 14.4 Å². The second-order valence-electron chi connectivity index (χ2n) is 4.03. The first-order chi connectivity index (χ1) is 9.49. The van der Waals surface area contributed by atoms with E-state index in [4.69, 9.17) is 9.84 Å². The minimum absolute atomic E-state index is 0.0811. The molecule has 0 fully saturated rings. The third kappa shape index (κ3) is 2.91. The van der Waals surface area contributed by atoms with Crippen LogP contribution in [0.5, 0.6) is 5.75 Å². The van der Waals surface area contributed by atoms with E-state index in [0.29, 0.717) is 11.3 Å². The Labute approximate surface area is 113 Å². The molecule has 0 radical (unpaired) electrons. The number of nitro groups is 1. The summed E-state index contributed by atoms with van der Waals surface area (Å²) in [5, 5.41) is 19.6. The maximum atomic E-state index is 10.8. The molecule has 8 nitrogen and oxygen atoms in total. The van der Waals surface area contributed by atoms with E-state index in [0.717, 1.165) is 0 Å². The van der Waals surface area contributed by atoms with Crippen LogP contribution in [0.25, 0.3) is 0 Å². The van der Waals surface area contributed by atoms with Crippen molar-refractivity contribution < 1.29 is 19.6 Å². The molecule has 0 amide bonds. The molecule has 0 aliphatic rings. The van der Waals surface area contributed by atoms with Crippen molar-refractivity contribution in [3.63, 3.8) is 0 Å². The molecule has 104 valence electrons. The summed E-state index contributed by atoms with van der Waals surface area (Å²) in [6.07, 6.45) is 2.71. The van der Waals surface area contributed by atoms with Crippen LogP contribution in [0.15, 0.2) is 30.7 Å². The summed E-state index contributed by atoms with van der Waals surface area (Å²) in [5.41, 5.74) is 0.450. The zero-order chi connectivity index (χ0) is 14.7. The molecule has 0 spiro atoms. The maximum Gasteiger partial charge on any atom is 0.356 e. The van der Waals surface area contributed by atoms with Gasteiger partial charge >= 0.3 is 5.97 Å². The zero-order valence-corrected chi connectivity index (χ0v) is 10.5. The summed E-state index contributed by atoms with van der Waals surface area (Å²) in [4.78, 5) is 24.7. The van der Waals surface area contributed by atoms with Crippen LogP contribution in [0.2, 0.25) is 0 Å². The molecule has 2 rings (SSSR count). The number of methoxy groups -OCH3 is 1. The first-order valence-corrected chi connectivity index (χ1v) is 5.57. The molecule has 0 atom stereocenters. The number of aromatic nitrogens is 2. The SMILES string of the molecule is COc1cc(Cn2cnc(C(=O)O)c2)cc([N+](=O)[O-])c1. The van der Waals surface area contributed by atoms with Gasteiger partial charge in [0.15, 0.2) is 5.69 Å². The molecule has 8 heteroatoms. The highest BCUT2D eigenvalue weighted by Crippen LogP contribution is 2.23. The van der Waals surface area contributed by atoms with E-state index in [-0.39, 0.29) is 17.9 Å². The molecular formula is C12H11N3O5. The topological polar surface area (TPSA) is 107 Å². The van der Waals surface area contributed by atoms with E-state index in [2.05, 4.69) is 4.98 Å². The summed E-state index contributed by atoms with van der Waals surface area (Å²) in [6.45, 7) is 0.262. The summed E-state index contributed by atoms with van der Waals surface area (Å²) < 4.78 is 6.53. The third-order valence-corrected chi connectivity index (χ3v) is 2.62. The lowest BCUT2D eigenvalue weighted by molar-refractivity contribution is -0.385. The number of carboxylic acids is 1. The highest BCUT2D eigenvalue weighted by molar-refractivity contribution is 5.84. The average molecular weight is 277 g/mol. The number of aromatic carboxylic acids is 1. The average Bonchev–Trinajstić information content (AvgIpc) is 2.87. The number of ether oxygens (including phenoxy) is 1. The number of carboxylic acid groups (broad SMARTS) is 1. The molecule has 20 heavy (non-hydrogen) atoms. The molecule has 0 aliphatic carbocycles. The Morgan fingerprint density at radius 1 is 1.50 bits per heavy atom. The number of carbonyl (C=O) groups is 1. The van der Waals surface area contributed by atoms with Crippen LogP contribution in [0.3, 0.4) is 0 Å². The Hall–Kier alpha value is -2.90. The van der Waals surface area contributed by atoms with Gasteiger partial charge in [-0.2, -0.15) is 0 Å². The fourth-order valence-electron chi connectivity index (χ4n) is 1.73. The Morgan fingerprint density at radius 2 is 2.25 bits per heavy atom. The first-order valence-electron chi connectivity index (χ1n) is 5.57. The Morgan fingerprint density at radius 3 is 2.80 bits per heavy atom. The number of imidazole rings is 1. The van der Waals surface area contributed by atoms with Crippen LogP contribution in [0, 0.1) is 10.1 Å². The molecule has 2 aromatic rings. The van der Waals surface area contributed by atoms with Crippen LogP contribution in [-0.2, 0) is 6.54 Å². The number of nitrogens with zero attached hydrogens (tertiary/aromatic N) is 3. The normalized spacial score (nSPS) is 10.2. The molecule has 0 aliphatic heterocycles. The largest absolute Gasteiger partial charge is 0.496 e. The van der Waals surface area contributed by atoms with Crippen molar-refractivity contribution in [3.8, 4) is 5.75 Å². The number of non-ortho nitro benzene ring substituents is 1. The molecule has 0 unspecified atom stereocenters. The van der Waals surface area contributed by atoms with Crippen molar-refractivity contribution in [2.45, 2.75) is 6.54 Å². The van der Waals surface area contributed by atoms with Crippen molar-refractivity contribution in [1.82, 2.24) is 9.55 Å². The molecule has 0 bridgehead atoms. The van der Waals surface area contributed by atoms with E-state index < -0.39 is 10.9 Å². The van der Waals surface area contributed by atoms with Gasteiger partial charge in [0.2, 0.25) is 0 Å². The van der Waals surface area contributed by atoms with E-state index in [1.54, 1.807) is 6.07 Å². The van der Waals surface area contributed by atoms with E-state index in [9.17, 15) is 14.9 Å². The van der Waals surface area contributed by atoms with Gasteiger partial charge in [-0.25, -0.2) is 9.78 Å². The minimum atomic E-state index is -1.12. The zero-order valence-electron chi connectivity index (χ0n) is 10.5. The van der Waals surface area contributed by atoms with E-state index in [1.165, 1.54) is 36.3 Å². The van der Waals surface area contributed by atoms with Gasteiger partial charge in [0.25, 0.3) is 5.69 Å². The number of benzene rings is 1. The Bertz CT molecular complexity index is 665. The molecule has 1 aromatic heterocycles. The number of rotatable bonds is 5. The summed E-state index contributed by atoms with van der Waals surface area (Å²) >= 11 is 0. The van der Waals surface area contributed by atoms with Crippen molar-refractivity contribution in [2.75, 3.05) is 7.11 Å². The third-order valence-electron chi connectivity index (χ3n) is 2.62. The summed E-state index contributed by atoms with van der Waals surface area (Å²) in [7, 11) is 1.42. The monoisotopic (exact) mass is 277 g/mol. The van der Waals surface area contributed by atoms with Gasteiger partial charge in [0.05, 0.1) is 24.4 Å². The Balaban J connectivity index is 2.29. The molecule has 1 heterocycles. The molecule has 0 saturated heterocycles. The van der Waals surface area contributed by atoms with E-state index >= 15 is 0 Å². The summed E-state index contributed by atoms with van der Waals surface area (Å²) in [6, 6.07) is 4.37. The predicted molar refractivity (Wildman–Crippen MR) is 67.9 cm³/mol. The van der Waals surface area contributed by atoms with Gasteiger partial charge in [0.1, 0.15) is 5.75 Å². The fourth-order valence-corrected chi connectivity index (χ4v) is 1.73. The van der Waals surface area contributed by atoms with Gasteiger partial charge in [0, 0.05) is 18.8 Å². The second-order valence-corrected chi connectivity index (χ2v) is 4.03. The molecule has 1 aromatic carbocycles. The van der Waals surface area contributed by atoms with Gasteiger partial charge in [-0.15, -0.1) is 0 Å². The molecule has 0 saturated carbocycles. The fraction of sp³-hybridized carbons (Fsp3) is 0.167. The number of hydrogen-bond donors (Lipinski definition) is 1. The molecular weight excluding hydrogens is 266 g/mol. The maximum absolute atomic E-state index is 10.8.